The average molecular weight is 525 g/mol. The Morgan fingerprint density at radius 3 is 2.55 bits per heavy atom. The van der Waals surface area contributed by atoms with Crippen molar-refractivity contribution in [2.75, 3.05) is 30.3 Å². The van der Waals surface area contributed by atoms with E-state index in [2.05, 4.69) is 5.32 Å². The molecule has 188 valence electrons. The first-order chi connectivity index (χ1) is 15.0. The molecule has 1 aromatic carbocycles. The summed E-state index contributed by atoms with van der Waals surface area (Å²) in [6.45, 7) is 2.26. The molecule has 0 aromatic heterocycles. The van der Waals surface area contributed by atoms with Crippen molar-refractivity contribution >= 4 is 60.1 Å². The van der Waals surface area contributed by atoms with Gasteiger partial charge in [0.25, 0.3) is 0 Å². The number of unbranched alkanes of at least 4 members (excludes halogenated alkanes) is 4. The van der Waals surface area contributed by atoms with Crippen molar-refractivity contribution in [2.45, 2.75) is 62.4 Å². The molecular formula is C22H35Cl2N3O5S. The normalized spacial score (nSPS) is 16.0. The van der Waals surface area contributed by atoms with Crippen LogP contribution in [0.2, 0.25) is 0 Å². The number of nitrogens with two attached hydrogens (primary N) is 1. The van der Waals surface area contributed by atoms with Gasteiger partial charge >= 0.3 is 11.9 Å². The van der Waals surface area contributed by atoms with E-state index in [1.165, 1.54) is 16.7 Å². The summed E-state index contributed by atoms with van der Waals surface area (Å²) in [5, 5.41) is 12.5. The van der Waals surface area contributed by atoms with Crippen molar-refractivity contribution < 1.29 is 24.2 Å². The van der Waals surface area contributed by atoms with Crippen molar-refractivity contribution in [2.24, 2.45) is 5.73 Å². The highest BCUT2D eigenvalue weighted by Crippen LogP contribution is 2.34. The van der Waals surface area contributed by atoms with E-state index in [9.17, 15) is 19.5 Å². The minimum atomic E-state index is -1.09. The number of carbonyl (C=O) groups is 3. The molecule has 2 atom stereocenters. The van der Waals surface area contributed by atoms with Gasteiger partial charge in [-0.1, -0.05) is 37.8 Å². The van der Waals surface area contributed by atoms with Gasteiger partial charge in [0.15, 0.2) is 0 Å². The van der Waals surface area contributed by atoms with Gasteiger partial charge in [-0.2, -0.15) is 0 Å². The molecule has 1 aromatic rings. The van der Waals surface area contributed by atoms with E-state index in [0.29, 0.717) is 24.4 Å². The number of benzene rings is 1. The van der Waals surface area contributed by atoms with Crippen LogP contribution in [0.3, 0.4) is 0 Å². The third kappa shape index (κ3) is 10.1. The van der Waals surface area contributed by atoms with Crippen LogP contribution in [0.25, 0.3) is 0 Å². The lowest BCUT2D eigenvalue weighted by Crippen LogP contribution is -2.54. The van der Waals surface area contributed by atoms with E-state index in [1.807, 2.05) is 12.1 Å². The SMILES string of the molecule is CCOC(=O)[C@H](CCCCCCCN)NC1CSc2ccccc2N(CC(=O)O)C1=O.Cl.Cl. The molecule has 0 spiro atoms. The zero-order valence-corrected chi connectivity index (χ0v) is 21.3. The van der Waals surface area contributed by atoms with Crippen molar-refractivity contribution in [3.8, 4) is 0 Å². The molecule has 1 heterocycles. The number of fused-ring (bicyclic) bond motifs is 1. The summed E-state index contributed by atoms with van der Waals surface area (Å²) in [5.41, 5.74) is 6.10. The summed E-state index contributed by atoms with van der Waals surface area (Å²) in [6, 6.07) is 5.95. The zero-order valence-electron chi connectivity index (χ0n) is 18.9. The van der Waals surface area contributed by atoms with E-state index in [1.54, 1.807) is 19.1 Å². The number of halogens is 2. The number of nitrogens with one attached hydrogen (secondary N) is 1. The van der Waals surface area contributed by atoms with Crippen molar-refractivity contribution in [1.82, 2.24) is 5.32 Å². The molecule has 0 aliphatic carbocycles. The lowest BCUT2D eigenvalue weighted by Gasteiger charge is -2.27. The number of esters is 1. The van der Waals surface area contributed by atoms with Crippen LogP contribution >= 0.6 is 36.6 Å². The van der Waals surface area contributed by atoms with E-state index in [0.717, 1.165) is 37.0 Å². The number of rotatable bonds is 13. The minimum Gasteiger partial charge on any atom is -0.480 e. The monoisotopic (exact) mass is 523 g/mol. The summed E-state index contributed by atoms with van der Waals surface area (Å²) in [7, 11) is 0. The number of para-hydroxylation sites is 1. The molecular weight excluding hydrogens is 489 g/mol. The maximum Gasteiger partial charge on any atom is 0.323 e. The molecule has 0 radical (unpaired) electrons. The highest BCUT2D eigenvalue weighted by atomic mass is 35.5. The number of nitrogens with zero attached hydrogens (tertiary/aromatic N) is 1. The number of ether oxygens (including phenoxy) is 1. The number of aliphatic carboxylic acids is 1. The predicted molar refractivity (Wildman–Crippen MR) is 136 cm³/mol. The van der Waals surface area contributed by atoms with Crippen LogP contribution in [0.4, 0.5) is 5.69 Å². The molecule has 2 rings (SSSR count). The van der Waals surface area contributed by atoms with Gasteiger partial charge in [-0.05, 0) is 38.4 Å². The second kappa shape index (κ2) is 17.0. The van der Waals surface area contributed by atoms with Gasteiger partial charge in [-0.25, -0.2) is 0 Å². The van der Waals surface area contributed by atoms with Crippen LogP contribution < -0.4 is 16.0 Å². The van der Waals surface area contributed by atoms with Crippen LogP contribution in [0.1, 0.15) is 45.4 Å². The third-order valence-corrected chi connectivity index (χ3v) is 6.25. The van der Waals surface area contributed by atoms with Crippen LogP contribution in [0, 0.1) is 0 Å². The number of hydrogen-bond donors (Lipinski definition) is 3. The Bertz CT molecular complexity index is 756. The number of amides is 1. The second-order valence-electron chi connectivity index (χ2n) is 7.47. The Labute approximate surface area is 212 Å². The van der Waals surface area contributed by atoms with Gasteiger partial charge in [0.05, 0.1) is 18.3 Å². The first-order valence-corrected chi connectivity index (χ1v) is 11.8. The van der Waals surface area contributed by atoms with E-state index < -0.39 is 24.6 Å². The summed E-state index contributed by atoms with van der Waals surface area (Å²) in [5.74, 6) is -1.42. The molecule has 8 nitrogen and oxygen atoms in total. The van der Waals surface area contributed by atoms with Gasteiger partial charge in [-0.15, -0.1) is 36.6 Å². The van der Waals surface area contributed by atoms with Gasteiger partial charge in [0.1, 0.15) is 12.6 Å². The van der Waals surface area contributed by atoms with Gasteiger partial charge in [0, 0.05) is 10.6 Å². The molecule has 1 aliphatic heterocycles. The summed E-state index contributed by atoms with van der Waals surface area (Å²) >= 11 is 1.47. The Morgan fingerprint density at radius 2 is 1.88 bits per heavy atom. The first kappa shape index (κ1) is 31.5. The van der Waals surface area contributed by atoms with Gasteiger partial charge < -0.3 is 15.6 Å². The predicted octanol–water partition coefficient (Wildman–Crippen LogP) is 3.24. The summed E-state index contributed by atoms with van der Waals surface area (Å²) < 4.78 is 5.22. The zero-order chi connectivity index (χ0) is 22.6. The number of carboxylic acid groups (broad SMARTS) is 1. The molecule has 0 bridgehead atoms. The van der Waals surface area contributed by atoms with E-state index >= 15 is 0 Å². The molecule has 0 fully saturated rings. The maximum atomic E-state index is 13.2. The number of carbonyl (C=O) groups excluding carboxylic acids is 2. The number of carboxylic acids is 1. The largest absolute Gasteiger partial charge is 0.480 e. The quantitative estimate of drug-likeness (QED) is 0.266. The Hall–Kier alpha value is -1.52. The molecule has 1 aliphatic rings. The summed E-state index contributed by atoms with van der Waals surface area (Å²) in [6.07, 6.45) is 5.46. The Kier molecular flexibility index (Phi) is 16.2. The number of thioether (sulfide) groups is 1. The number of anilines is 1. The van der Waals surface area contributed by atoms with Crippen LogP contribution in [-0.2, 0) is 19.1 Å². The fraction of sp³-hybridized carbons (Fsp3) is 0.591. The smallest absolute Gasteiger partial charge is 0.323 e. The van der Waals surface area contributed by atoms with Crippen molar-refractivity contribution in [1.29, 1.82) is 0 Å². The van der Waals surface area contributed by atoms with Gasteiger partial charge in [-0.3, -0.25) is 24.6 Å². The average Bonchev–Trinajstić information content (AvgIpc) is 2.87. The van der Waals surface area contributed by atoms with Crippen LogP contribution in [0.15, 0.2) is 29.2 Å². The summed E-state index contributed by atoms with van der Waals surface area (Å²) in [4.78, 5) is 39.3. The topological polar surface area (TPSA) is 122 Å². The van der Waals surface area contributed by atoms with E-state index in [-0.39, 0.29) is 43.3 Å². The van der Waals surface area contributed by atoms with Crippen molar-refractivity contribution in [3.05, 3.63) is 24.3 Å². The molecule has 0 saturated heterocycles. The molecule has 4 N–H and O–H groups in total. The molecule has 1 amide bonds. The van der Waals surface area contributed by atoms with Crippen molar-refractivity contribution in [3.63, 3.8) is 0 Å². The molecule has 1 unspecified atom stereocenters. The highest BCUT2D eigenvalue weighted by molar-refractivity contribution is 7.99. The number of hydrogen-bond acceptors (Lipinski definition) is 7. The first-order valence-electron chi connectivity index (χ1n) is 10.9. The third-order valence-electron chi connectivity index (χ3n) is 5.09. The van der Waals surface area contributed by atoms with E-state index in [4.69, 9.17) is 10.5 Å². The lowest BCUT2D eigenvalue weighted by atomic mass is 10.0. The second-order valence-corrected chi connectivity index (χ2v) is 8.53. The highest BCUT2D eigenvalue weighted by Gasteiger charge is 2.34. The molecule has 0 saturated carbocycles. The van der Waals surface area contributed by atoms with Crippen LogP contribution in [-0.4, -0.2) is 60.5 Å². The van der Waals surface area contributed by atoms with Crippen LogP contribution in [0.5, 0.6) is 0 Å². The Morgan fingerprint density at radius 1 is 1.21 bits per heavy atom. The standard InChI is InChI=1S/C22H33N3O5S.2ClH/c1-2-30-22(29)16(10-6-4-3-5-9-13-23)24-17-15-31-19-12-8-7-11-18(19)25(21(17)28)14-20(26)27;;/h7-8,11-12,16-17,24H,2-6,9-10,13-15,23H2,1H3,(H,26,27);2*1H/t16-,17?;;/m0../s1. The fourth-order valence-electron chi connectivity index (χ4n) is 3.55. The fourth-order valence-corrected chi connectivity index (χ4v) is 4.64. The van der Waals surface area contributed by atoms with Gasteiger partial charge in [0.2, 0.25) is 5.91 Å². The molecule has 33 heavy (non-hydrogen) atoms. The molecule has 11 heteroatoms. The Balaban J connectivity index is 0.00000512. The lowest BCUT2D eigenvalue weighted by molar-refractivity contribution is -0.146. The maximum absolute atomic E-state index is 13.2. The minimum absolute atomic E-state index is 0.